The Morgan fingerprint density at radius 3 is 2.76 bits per heavy atom. The first kappa shape index (κ1) is 15.3. The summed E-state index contributed by atoms with van der Waals surface area (Å²) in [6.45, 7) is 0. The van der Waals surface area contributed by atoms with Gasteiger partial charge in [-0.1, -0.05) is 15.9 Å². The number of nitrogens with zero attached hydrogens (tertiary/aromatic N) is 1. The fourth-order valence-corrected chi connectivity index (χ4v) is 2.76. The van der Waals surface area contributed by atoms with E-state index >= 15 is 0 Å². The summed E-state index contributed by atoms with van der Waals surface area (Å²) in [5.74, 6) is -1.21. The number of benzene rings is 1. The Labute approximate surface area is 130 Å². The number of carbonyl (C=O) groups is 2. The lowest BCUT2D eigenvalue weighted by Crippen LogP contribution is -2.36. The van der Waals surface area contributed by atoms with Crippen LogP contribution in [0.1, 0.15) is 24.8 Å². The number of hydrogen-bond donors (Lipinski definition) is 3. The molecule has 2 unspecified atom stereocenters. The summed E-state index contributed by atoms with van der Waals surface area (Å²) < 4.78 is 0.753. The highest BCUT2D eigenvalue weighted by Crippen LogP contribution is 2.26. The van der Waals surface area contributed by atoms with Crippen LogP contribution in [-0.4, -0.2) is 23.1 Å². The number of aliphatic carboxylic acids is 1. The summed E-state index contributed by atoms with van der Waals surface area (Å²) in [7, 11) is 0. The molecule has 1 fully saturated rings. The first-order valence-electron chi connectivity index (χ1n) is 6.49. The molecule has 1 aliphatic rings. The second-order valence-corrected chi connectivity index (χ2v) is 5.86. The number of halogens is 1. The first-order valence-corrected chi connectivity index (χ1v) is 7.29. The molecule has 1 aromatic rings. The molecule has 2 rings (SSSR count). The summed E-state index contributed by atoms with van der Waals surface area (Å²) in [6.07, 6.45) is 1.65. The van der Waals surface area contributed by atoms with Gasteiger partial charge in [-0.15, -0.1) is 0 Å². The summed E-state index contributed by atoms with van der Waals surface area (Å²) in [6, 6.07) is 6.39. The normalized spacial score (nSPS) is 20.6. The van der Waals surface area contributed by atoms with Gasteiger partial charge in [0.15, 0.2) is 0 Å². The monoisotopic (exact) mass is 351 g/mol. The molecular weight excluding hydrogens is 338 g/mol. The van der Waals surface area contributed by atoms with Crippen molar-refractivity contribution >= 4 is 33.6 Å². The number of carbonyl (C=O) groups excluding carboxylic acids is 1. The lowest BCUT2D eigenvalue weighted by molar-refractivity contribution is -0.141. The molecule has 110 valence electrons. The van der Waals surface area contributed by atoms with Gasteiger partial charge in [0.2, 0.25) is 0 Å². The number of anilines is 1. The van der Waals surface area contributed by atoms with Crippen molar-refractivity contribution in [2.24, 2.45) is 5.92 Å². The van der Waals surface area contributed by atoms with Gasteiger partial charge in [0.25, 0.3) is 0 Å². The molecule has 1 aliphatic carbocycles. The Bertz CT molecular complexity index is 612. The van der Waals surface area contributed by atoms with E-state index in [1.165, 1.54) is 0 Å². The smallest absolute Gasteiger partial charge is 0.319 e. The highest BCUT2D eigenvalue weighted by Gasteiger charge is 2.30. The van der Waals surface area contributed by atoms with Crippen molar-refractivity contribution in [2.75, 3.05) is 5.32 Å². The molecule has 6 nitrogen and oxygen atoms in total. The van der Waals surface area contributed by atoms with Crippen molar-refractivity contribution in [3.05, 3.63) is 28.2 Å². The third-order valence-electron chi connectivity index (χ3n) is 3.47. The third kappa shape index (κ3) is 3.95. The molecule has 21 heavy (non-hydrogen) atoms. The van der Waals surface area contributed by atoms with E-state index in [-0.39, 0.29) is 6.04 Å². The lowest BCUT2D eigenvalue weighted by Gasteiger charge is -2.14. The van der Waals surface area contributed by atoms with Crippen LogP contribution >= 0.6 is 15.9 Å². The SMILES string of the molecule is N#Cc1ccc(Br)cc1NC(=O)NC1CCC(C(=O)O)C1. The molecule has 1 saturated carbocycles. The highest BCUT2D eigenvalue weighted by molar-refractivity contribution is 9.10. The van der Waals surface area contributed by atoms with Crippen LogP contribution in [0.5, 0.6) is 0 Å². The molecule has 0 aromatic heterocycles. The number of carboxylic acids is 1. The Morgan fingerprint density at radius 2 is 2.14 bits per heavy atom. The molecule has 0 bridgehead atoms. The van der Waals surface area contributed by atoms with Crippen molar-refractivity contribution in [3.8, 4) is 6.07 Å². The molecule has 1 aromatic carbocycles. The van der Waals surface area contributed by atoms with E-state index in [2.05, 4.69) is 26.6 Å². The molecule has 2 amide bonds. The molecule has 0 saturated heterocycles. The first-order chi connectivity index (χ1) is 9.99. The molecule has 0 spiro atoms. The number of carboxylic acid groups (broad SMARTS) is 1. The predicted octanol–water partition coefficient (Wildman–Crippen LogP) is 2.70. The Balaban J connectivity index is 1.96. The Kier molecular flexibility index (Phi) is 4.81. The van der Waals surface area contributed by atoms with E-state index in [0.29, 0.717) is 30.5 Å². The van der Waals surface area contributed by atoms with Gasteiger partial charge >= 0.3 is 12.0 Å². The van der Waals surface area contributed by atoms with E-state index in [9.17, 15) is 9.59 Å². The molecule has 0 heterocycles. The van der Waals surface area contributed by atoms with Gasteiger partial charge in [-0.2, -0.15) is 5.26 Å². The van der Waals surface area contributed by atoms with Crippen LogP contribution in [0.25, 0.3) is 0 Å². The fourth-order valence-electron chi connectivity index (χ4n) is 2.40. The second kappa shape index (κ2) is 6.59. The maximum Gasteiger partial charge on any atom is 0.319 e. The summed E-state index contributed by atoms with van der Waals surface area (Å²) >= 11 is 3.28. The van der Waals surface area contributed by atoms with E-state index < -0.39 is 17.9 Å². The number of urea groups is 1. The molecule has 7 heteroatoms. The van der Waals surface area contributed by atoms with Crippen molar-refractivity contribution in [3.63, 3.8) is 0 Å². The molecule has 3 N–H and O–H groups in total. The van der Waals surface area contributed by atoms with Gasteiger partial charge in [0.05, 0.1) is 17.2 Å². The van der Waals surface area contributed by atoms with Gasteiger partial charge in [-0.3, -0.25) is 4.79 Å². The number of nitrogens with one attached hydrogen (secondary N) is 2. The minimum Gasteiger partial charge on any atom is -0.481 e. The Hall–Kier alpha value is -2.07. The zero-order chi connectivity index (χ0) is 15.4. The van der Waals surface area contributed by atoms with Crippen LogP contribution in [0, 0.1) is 17.2 Å². The van der Waals surface area contributed by atoms with Crippen molar-refractivity contribution in [2.45, 2.75) is 25.3 Å². The third-order valence-corrected chi connectivity index (χ3v) is 3.96. The molecule has 2 atom stereocenters. The number of nitriles is 1. The maximum atomic E-state index is 11.9. The summed E-state index contributed by atoms with van der Waals surface area (Å²) in [5, 5.41) is 23.3. The van der Waals surface area contributed by atoms with Crippen LogP contribution in [0.4, 0.5) is 10.5 Å². The highest BCUT2D eigenvalue weighted by atomic mass is 79.9. The predicted molar refractivity (Wildman–Crippen MR) is 79.8 cm³/mol. The van der Waals surface area contributed by atoms with Crippen LogP contribution in [0.2, 0.25) is 0 Å². The molecule has 0 radical (unpaired) electrons. The van der Waals surface area contributed by atoms with Gasteiger partial charge in [0, 0.05) is 10.5 Å². The van der Waals surface area contributed by atoms with E-state index in [0.717, 1.165) is 4.47 Å². The zero-order valence-corrected chi connectivity index (χ0v) is 12.7. The minimum atomic E-state index is -0.821. The Morgan fingerprint density at radius 1 is 1.38 bits per heavy atom. The van der Waals surface area contributed by atoms with E-state index in [1.54, 1.807) is 18.2 Å². The van der Waals surface area contributed by atoms with Crippen LogP contribution < -0.4 is 10.6 Å². The van der Waals surface area contributed by atoms with Crippen LogP contribution in [0.3, 0.4) is 0 Å². The number of hydrogen-bond acceptors (Lipinski definition) is 3. The van der Waals surface area contributed by atoms with Gasteiger partial charge in [0.1, 0.15) is 6.07 Å². The van der Waals surface area contributed by atoms with Gasteiger partial charge in [-0.25, -0.2) is 4.79 Å². The quantitative estimate of drug-likeness (QED) is 0.778. The second-order valence-electron chi connectivity index (χ2n) is 4.95. The van der Waals surface area contributed by atoms with Crippen LogP contribution in [-0.2, 0) is 4.79 Å². The molecular formula is C14H14BrN3O3. The minimum absolute atomic E-state index is 0.149. The van der Waals surface area contributed by atoms with E-state index in [1.807, 2.05) is 6.07 Å². The molecule has 0 aliphatic heterocycles. The van der Waals surface area contributed by atoms with Crippen molar-refractivity contribution in [1.29, 1.82) is 5.26 Å². The van der Waals surface area contributed by atoms with Gasteiger partial charge in [-0.05, 0) is 37.5 Å². The summed E-state index contributed by atoms with van der Waals surface area (Å²) in [5.41, 5.74) is 0.778. The largest absolute Gasteiger partial charge is 0.481 e. The maximum absolute atomic E-state index is 11.9. The van der Waals surface area contributed by atoms with E-state index in [4.69, 9.17) is 10.4 Å². The standard InChI is InChI=1S/C14H14BrN3O3/c15-10-3-1-9(7-16)12(6-10)18-14(21)17-11-4-2-8(5-11)13(19)20/h1,3,6,8,11H,2,4-5H2,(H,19,20)(H2,17,18,21). The average molecular weight is 352 g/mol. The van der Waals surface area contributed by atoms with Crippen LogP contribution in [0.15, 0.2) is 22.7 Å². The zero-order valence-electron chi connectivity index (χ0n) is 11.1. The number of rotatable bonds is 3. The fraction of sp³-hybridized carbons (Fsp3) is 0.357. The lowest BCUT2D eigenvalue weighted by atomic mass is 10.1. The summed E-state index contributed by atoms with van der Waals surface area (Å²) in [4.78, 5) is 22.8. The van der Waals surface area contributed by atoms with Gasteiger partial charge < -0.3 is 15.7 Å². The van der Waals surface area contributed by atoms with Crippen molar-refractivity contribution in [1.82, 2.24) is 5.32 Å². The number of amides is 2. The van der Waals surface area contributed by atoms with Crippen molar-refractivity contribution < 1.29 is 14.7 Å². The average Bonchev–Trinajstić information content (AvgIpc) is 2.87. The topological polar surface area (TPSA) is 102 Å².